The van der Waals surface area contributed by atoms with Crippen LogP contribution in [0.2, 0.25) is 0 Å². The highest BCUT2D eigenvalue weighted by Crippen LogP contribution is 2.76. The van der Waals surface area contributed by atoms with Crippen LogP contribution >= 0.6 is 0 Å². The minimum absolute atomic E-state index is 0.0731. The summed E-state index contributed by atoms with van der Waals surface area (Å²) < 4.78 is 6.03. The van der Waals surface area contributed by atoms with Crippen LogP contribution in [0.15, 0.2) is 42.0 Å². The number of hydrogen-bond donors (Lipinski definition) is 2. The topological polar surface area (TPSA) is 78.3 Å². The normalized spacial score (nSPS) is 39.1. The molecule has 3 saturated carbocycles. The lowest BCUT2D eigenvalue weighted by Gasteiger charge is -2.68. The molecule has 0 saturated heterocycles. The predicted molar refractivity (Wildman–Crippen MR) is 160 cm³/mol. The van der Waals surface area contributed by atoms with Gasteiger partial charge in [-0.25, -0.2) is 4.79 Å². The minimum Gasteiger partial charge on any atom is -0.458 e. The predicted octanol–water partition coefficient (Wildman–Crippen LogP) is 8.34. The number of carbonyl (C=O) groups is 1. The number of esters is 1. The maximum absolute atomic E-state index is 12.9. The second-order valence-electron chi connectivity index (χ2n) is 14.7. The Hall–Kier alpha value is -2.23. The van der Waals surface area contributed by atoms with E-state index in [0.717, 1.165) is 48.9 Å². The first-order valence-electron chi connectivity index (χ1n) is 15.8. The number of benzene rings is 1. The molecule has 3 fully saturated rings. The van der Waals surface area contributed by atoms with Gasteiger partial charge >= 0.3 is 5.97 Å². The van der Waals surface area contributed by atoms with Gasteiger partial charge in [0.15, 0.2) is 0 Å². The van der Waals surface area contributed by atoms with Gasteiger partial charge in [-0.05, 0) is 98.1 Å². The molecule has 8 unspecified atom stereocenters. The molecule has 4 nitrogen and oxygen atoms in total. The lowest BCUT2D eigenvalue weighted by molar-refractivity contribution is -0.107. The molecule has 0 bridgehead atoms. The average Bonchev–Trinajstić information content (AvgIpc) is 3.22. The molecule has 1 aromatic rings. The number of allylic oxidation sites excluding steroid dienone is 3. The molecule has 212 valence electrons. The second-order valence-corrected chi connectivity index (χ2v) is 14.7. The van der Waals surface area contributed by atoms with Gasteiger partial charge in [-0.3, -0.25) is 0 Å². The molecule has 0 aromatic heterocycles. The number of nitrogens with two attached hydrogens (primary N) is 2. The molecular weight excluding hydrogens is 480 g/mol. The van der Waals surface area contributed by atoms with Crippen LogP contribution in [0.4, 0.5) is 11.4 Å². The van der Waals surface area contributed by atoms with Crippen molar-refractivity contribution in [2.75, 3.05) is 11.5 Å². The van der Waals surface area contributed by atoms with Crippen molar-refractivity contribution < 1.29 is 9.53 Å². The molecule has 2 spiro atoms. The highest BCUT2D eigenvalue weighted by Gasteiger charge is 2.68. The van der Waals surface area contributed by atoms with Crippen molar-refractivity contribution in [2.45, 2.75) is 104 Å². The number of nitrogen functional groups attached to an aromatic ring is 2. The fourth-order valence-electron chi connectivity index (χ4n) is 10.4. The average molecular weight is 531 g/mol. The van der Waals surface area contributed by atoms with E-state index >= 15 is 0 Å². The zero-order chi connectivity index (χ0) is 27.6. The molecule has 4 heteroatoms. The van der Waals surface area contributed by atoms with Crippen molar-refractivity contribution in [1.82, 2.24) is 0 Å². The van der Waals surface area contributed by atoms with Crippen molar-refractivity contribution in [3.05, 3.63) is 47.6 Å². The van der Waals surface area contributed by atoms with E-state index in [9.17, 15) is 4.79 Å². The third kappa shape index (κ3) is 4.18. The summed E-state index contributed by atoms with van der Waals surface area (Å²) in [4.78, 5) is 12.9. The summed E-state index contributed by atoms with van der Waals surface area (Å²) in [7, 11) is 0. The van der Waals surface area contributed by atoms with Gasteiger partial charge in [0.2, 0.25) is 0 Å². The van der Waals surface area contributed by atoms with E-state index in [2.05, 4.69) is 45.9 Å². The Morgan fingerprint density at radius 3 is 2.44 bits per heavy atom. The van der Waals surface area contributed by atoms with E-state index in [1.165, 1.54) is 56.9 Å². The highest BCUT2D eigenvalue weighted by molar-refractivity contribution is 5.91. The minimum atomic E-state index is -0.309. The molecule has 8 atom stereocenters. The number of anilines is 2. The fraction of sp³-hybridized carbons (Fsp3) is 0.686. The Labute approximate surface area is 236 Å². The molecule has 0 heterocycles. The largest absolute Gasteiger partial charge is 0.458 e. The van der Waals surface area contributed by atoms with Gasteiger partial charge in [-0.15, -0.1) is 0 Å². The third-order valence-electron chi connectivity index (χ3n) is 12.3. The lowest BCUT2D eigenvalue weighted by atomic mass is 9.35. The second kappa shape index (κ2) is 9.70. The van der Waals surface area contributed by atoms with Gasteiger partial charge in [0, 0.05) is 28.6 Å². The fourth-order valence-corrected chi connectivity index (χ4v) is 10.4. The molecule has 5 aliphatic rings. The van der Waals surface area contributed by atoms with Crippen molar-refractivity contribution in [3.63, 3.8) is 0 Å². The zero-order valence-electron chi connectivity index (χ0n) is 24.7. The molecule has 0 amide bonds. The van der Waals surface area contributed by atoms with E-state index in [1.807, 2.05) is 0 Å². The Balaban J connectivity index is 1.17. The van der Waals surface area contributed by atoms with Gasteiger partial charge in [-0.2, -0.15) is 0 Å². The van der Waals surface area contributed by atoms with Crippen LogP contribution in [0, 0.1) is 45.8 Å². The monoisotopic (exact) mass is 530 g/mol. The smallest absolute Gasteiger partial charge is 0.338 e. The van der Waals surface area contributed by atoms with Crippen molar-refractivity contribution in [3.8, 4) is 0 Å². The summed E-state index contributed by atoms with van der Waals surface area (Å²) >= 11 is 0. The van der Waals surface area contributed by atoms with E-state index in [1.54, 1.807) is 18.2 Å². The van der Waals surface area contributed by atoms with Gasteiger partial charge in [-0.1, -0.05) is 70.8 Å². The molecule has 0 radical (unpaired) electrons. The van der Waals surface area contributed by atoms with Crippen molar-refractivity contribution >= 4 is 17.3 Å². The van der Waals surface area contributed by atoms with Gasteiger partial charge in [0.05, 0.1) is 5.56 Å². The van der Waals surface area contributed by atoms with Crippen LogP contribution in [-0.4, -0.2) is 12.1 Å². The summed E-state index contributed by atoms with van der Waals surface area (Å²) in [6, 6.07) is 4.99. The van der Waals surface area contributed by atoms with Gasteiger partial charge < -0.3 is 16.2 Å². The van der Waals surface area contributed by atoms with Crippen LogP contribution < -0.4 is 11.5 Å². The summed E-state index contributed by atoms with van der Waals surface area (Å²) in [5, 5.41) is 0. The number of rotatable bonds is 7. The molecule has 39 heavy (non-hydrogen) atoms. The summed E-state index contributed by atoms with van der Waals surface area (Å²) in [5.41, 5.74) is 15.8. The lowest BCUT2D eigenvalue weighted by Crippen LogP contribution is -2.61. The number of carbonyl (C=O) groups excluding carboxylic acids is 1. The first kappa shape index (κ1) is 27.0. The molecule has 4 N–H and O–H groups in total. The van der Waals surface area contributed by atoms with Gasteiger partial charge in [0.1, 0.15) is 6.10 Å². The Kier molecular flexibility index (Phi) is 6.71. The Morgan fingerprint density at radius 2 is 1.74 bits per heavy atom. The maximum Gasteiger partial charge on any atom is 0.338 e. The Morgan fingerprint density at radius 1 is 0.974 bits per heavy atom. The maximum atomic E-state index is 12.9. The van der Waals surface area contributed by atoms with Crippen molar-refractivity contribution in [2.24, 2.45) is 45.8 Å². The van der Waals surface area contributed by atoms with E-state index in [4.69, 9.17) is 16.2 Å². The quantitative estimate of drug-likeness (QED) is 0.211. The van der Waals surface area contributed by atoms with E-state index in [0.29, 0.717) is 27.8 Å². The summed E-state index contributed by atoms with van der Waals surface area (Å²) in [6.45, 7) is 9.96. The van der Waals surface area contributed by atoms with E-state index in [-0.39, 0.29) is 17.5 Å². The van der Waals surface area contributed by atoms with Crippen LogP contribution in [0.25, 0.3) is 0 Å². The molecule has 5 aliphatic carbocycles. The SMILES string of the molecule is CC(C)CCCC(C)C1CCC2C3CC=C4CC(OC(=O)c5cc(N)cc(N)c5)CCC45C=CC35CCC12C. The standard InChI is InChI=1S/C35H50N2O2/c1-22(2)6-5-7-23(3)29-10-11-30-31-9-8-25-20-28(39-32(38)24-18-26(36)21-27(37)19-24)12-13-34(25)16-17-35(31,34)15-14-33(29,30)4/h8,16-19,21-23,28-31H,5-7,9-15,20,36-37H2,1-4H3. The summed E-state index contributed by atoms with van der Waals surface area (Å²) in [6.07, 6.45) is 21.5. The first-order chi connectivity index (χ1) is 18.6. The van der Waals surface area contributed by atoms with E-state index < -0.39 is 0 Å². The third-order valence-corrected chi connectivity index (χ3v) is 12.3. The molecular formula is C35H50N2O2. The van der Waals surface area contributed by atoms with Crippen molar-refractivity contribution in [1.29, 1.82) is 0 Å². The van der Waals surface area contributed by atoms with Crippen LogP contribution in [0.5, 0.6) is 0 Å². The molecule has 1 aromatic carbocycles. The first-order valence-corrected chi connectivity index (χ1v) is 15.8. The zero-order valence-corrected chi connectivity index (χ0v) is 24.7. The van der Waals surface area contributed by atoms with Gasteiger partial charge in [0.25, 0.3) is 0 Å². The number of hydrogen-bond acceptors (Lipinski definition) is 4. The van der Waals surface area contributed by atoms with Crippen LogP contribution in [0.3, 0.4) is 0 Å². The van der Waals surface area contributed by atoms with Crippen LogP contribution in [-0.2, 0) is 4.74 Å². The molecule has 6 rings (SSSR count). The Bertz CT molecular complexity index is 1160. The summed E-state index contributed by atoms with van der Waals surface area (Å²) in [5.74, 6) is 3.84. The number of ether oxygens (including phenoxy) is 1. The highest BCUT2D eigenvalue weighted by atomic mass is 16.5. The molecule has 0 aliphatic heterocycles. The number of fused-ring (bicyclic) bond motifs is 2. The van der Waals surface area contributed by atoms with Crippen LogP contribution in [0.1, 0.15) is 109 Å².